The summed E-state index contributed by atoms with van der Waals surface area (Å²) in [6.07, 6.45) is 0. The zero-order valence-corrected chi connectivity index (χ0v) is 12.6. The number of benzene rings is 1. The predicted octanol–water partition coefficient (Wildman–Crippen LogP) is 4.09. The molecule has 0 N–H and O–H groups in total. The molecule has 0 saturated carbocycles. The Bertz CT molecular complexity index is 641. The van der Waals surface area contributed by atoms with Gasteiger partial charge in [0.1, 0.15) is 5.82 Å². The molecule has 1 aromatic carbocycles. The molecule has 0 unspecified atom stereocenters. The Balaban J connectivity index is 2.50. The van der Waals surface area contributed by atoms with Gasteiger partial charge in [0.05, 0.1) is 12.3 Å². The Morgan fingerprint density at radius 1 is 1.38 bits per heavy atom. The van der Waals surface area contributed by atoms with E-state index in [1.54, 1.807) is 19.9 Å². The number of nitrogens with zero attached hydrogens (tertiary/aromatic N) is 1. The van der Waals surface area contributed by atoms with Gasteiger partial charge in [0.15, 0.2) is 0 Å². The number of carbonyl (C=O) groups is 1. The van der Waals surface area contributed by atoms with Crippen LogP contribution in [0.4, 0.5) is 4.39 Å². The summed E-state index contributed by atoms with van der Waals surface area (Å²) in [5.74, 6) is -0.607. The standard InChI is InChI=1S/C16H18FNO3/c1-5-20-16(19)14-13(9(2)3)18-15(21-14)11-6-10(4)7-12(17)8-11/h6-9H,5H2,1-4H3. The van der Waals surface area contributed by atoms with E-state index < -0.39 is 5.97 Å². The van der Waals surface area contributed by atoms with Gasteiger partial charge in [-0.2, -0.15) is 0 Å². The number of esters is 1. The lowest BCUT2D eigenvalue weighted by atomic mass is 10.1. The van der Waals surface area contributed by atoms with Crippen LogP contribution in [0.5, 0.6) is 0 Å². The van der Waals surface area contributed by atoms with E-state index in [4.69, 9.17) is 9.15 Å². The van der Waals surface area contributed by atoms with Crippen molar-refractivity contribution in [2.45, 2.75) is 33.6 Å². The molecule has 0 aliphatic heterocycles. The molecule has 0 aliphatic carbocycles. The van der Waals surface area contributed by atoms with E-state index in [0.29, 0.717) is 11.3 Å². The molecule has 4 nitrogen and oxygen atoms in total. The maximum atomic E-state index is 13.5. The minimum Gasteiger partial charge on any atom is -0.460 e. The third kappa shape index (κ3) is 3.29. The van der Waals surface area contributed by atoms with Gasteiger partial charge in [-0.1, -0.05) is 13.8 Å². The number of ether oxygens (including phenoxy) is 1. The molecule has 0 amide bonds. The summed E-state index contributed by atoms with van der Waals surface area (Å²) in [5.41, 5.74) is 1.78. The molecule has 1 heterocycles. The summed E-state index contributed by atoms with van der Waals surface area (Å²) in [5, 5.41) is 0. The number of halogens is 1. The highest BCUT2D eigenvalue weighted by molar-refractivity contribution is 5.88. The van der Waals surface area contributed by atoms with Crippen LogP contribution in [0.3, 0.4) is 0 Å². The molecule has 21 heavy (non-hydrogen) atoms. The minimum atomic E-state index is -0.548. The van der Waals surface area contributed by atoms with Gasteiger partial charge >= 0.3 is 5.97 Å². The van der Waals surface area contributed by atoms with Gasteiger partial charge in [0, 0.05) is 5.56 Å². The Morgan fingerprint density at radius 3 is 2.67 bits per heavy atom. The molecule has 0 bridgehead atoms. The van der Waals surface area contributed by atoms with E-state index in [1.807, 2.05) is 13.8 Å². The Morgan fingerprint density at radius 2 is 2.10 bits per heavy atom. The molecule has 2 aromatic rings. The summed E-state index contributed by atoms with van der Waals surface area (Å²) in [4.78, 5) is 16.2. The average molecular weight is 291 g/mol. The highest BCUT2D eigenvalue weighted by atomic mass is 19.1. The fourth-order valence-corrected chi connectivity index (χ4v) is 2.05. The molecular formula is C16H18FNO3. The molecule has 112 valence electrons. The normalized spacial score (nSPS) is 11.0. The summed E-state index contributed by atoms with van der Waals surface area (Å²) in [7, 11) is 0. The van der Waals surface area contributed by atoms with E-state index in [-0.39, 0.29) is 30.0 Å². The second-order valence-electron chi connectivity index (χ2n) is 5.13. The number of aryl methyl sites for hydroxylation is 1. The van der Waals surface area contributed by atoms with Gasteiger partial charge in [-0.25, -0.2) is 14.2 Å². The third-order valence-electron chi connectivity index (χ3n) is 2.95. The van der Waals surface area contributed by atoms with Gasteiger partial charge < -0.3 is 9.15 Å². The van der Waals surface area contributed by atoms with E-state index >= 15 is 0 Å². The average Bonchev–Trinajstić information content (AvgIpc) is 2.83. The van der Waals surface area contributed by atoms with Crippen LogP contribution in [0.2, 0.25) is 0 Å². The van der Waals surface area contributed by atoms with Gasteiger partial charge in [0.25, 0.3) is 0 Å². The fraction of sp³-hybridized carbons (Fsp3) is 0.375. The van der Waals surface area contributed by atoms with Gasteiger partial charge in [-0.3, -0.25) is 0 Å². The smallest absolute Gasteiger partial charge is 0.376 e. The van der Waals surface area contributed by atoms with Gasteiger partial charge in [0.2, 0.25) is 11.7 Å². The summed E-state index contributed by atoms with van der Waals surface area (Å²) in [6.45, 7) is 7.57. The Hall–Kier alpha value is -2.17. The first-order valence-electron chi connectivity index (χ1n) is 6.87. The van der Waals surface area contributed by atoms with Gasteiger partial charge in [-0.15, -0.1) is 0 Å². The molecule has 0 fully saturated rings. The first-order chi connectivity index (χ1) is 9.92. The molecule has 5 heteroatoms. The van der Waals surface area contributed by atoms with Crippen molar-refractivity contribution >= 4 is 5.97 Å². The monoisotopic (exact) mass is 291 g/mol. The van der Waals surface area contributed by atoms with E-state index in [2.05, 4.69) is 4.98 Å². The molecule has 2 rings (SSSR count). The second-order valence-corrected chi connectivity index (χ2v) is 5.13. The quantitative estimate of drug-likeness (QED) is 0.796. The molecule has 0 spiro atoms. The highest BCUT2D eigenvalue weighted by Gasteiger charge is 2.24. The zero-order chi connectivity index (χ0) is 15.6. The maximum absolute atomic E-state index is 13.5. The summed E-state index contributed by atoms with van der Waals surface area (Å²) < 4.78 is 24.0. The SMILES string of the molecule is CCOC(=O)c1oc(-c2cc(C)cc(F)c2)nc1C(C)C. The van der Waals surface area contributed by atoms with Crippen LogP contribution in [0.25, 0.3) is 11.5 Å². The first kappa shape index (κ1) is 15.2. The second kappa shape index (κ2) is 6.08. The molecule has 1 aromatic heterocycles. The van der Waals surface area contributed by atoms with Crippen molar-refractivity contribution < 1.29 is 18.3 Å². The predicted molar refractivity (Wildman–Crippen MR) is 76.7 cm³/mol. The lowest BCUT2D eigenvalue weighted by Crippen LogP contribution is -2.07. The number of hydrogen-bond acceptors (Lipinski definition) is 4. The fourth-order valence-electron chi connectivity index (χ4n) is 2.05. The van der Waals surface area contributed by atoms with E-state index in [9.17, 15) is 9.18 Å². The lowest BCUT2D eigenvalue weighted by molar-refractivity contribution is 0.0488. The van der Waals surface area contributed by atoms with Crippen molar-refractivity contribution in [1.82, 2.24) is 4.98 Å². The molecule has 0 aliphatic rings. The number of oxazole rings is 1. The van der Waals surface area contributed by atoms with Crippen molar-refractivity contribution in [1.29, 1.82) is 0 Å². The van der Waals surface area contributed by atoms with Crippen LogP contribution < -0.4 is 0 Å². The number of hydrogen-bond donors (Lipinski definition) is 0. The van der Waals surface area contributed by atoms with E-state index in [1.165, 1.54) is 12.1 Å². The lowest BCUT2D eigenvalue weighted by Gasteiger charge is -2.02. The molecular weight excluding hydrogens is 273 g/mol. The van der Waals surface area contributed by atoms with Crippen LogP contribution in [0.15, 0.2) is 22.6 Å². The van der Waals surface area contributed by atoms with Crippen LogP contribution in [0, 0.1) is 12.7 Å². The van der Waals surface area contributed by atoms with Crippen LogP contribution in [-0.2, 0) is 4.74 Å². The number of rotatable bonds is 4. The van der Waals surface area contributed by atoms with E-state index in [0.717, 1.165) is 5.56 Å². The van der Waals surface area contributed by atoms with Crippen LogP contribution in [0.1, 0.15) is 48.5 Å². The van der Waals surface area contributed by atoms with Crippen molar-refractivity contribution in [3.63, 3.8) is 0 Å². The largest absolute Gasteiger partial charge is 0.460 e. The molecule has 0 atom stereocenters. The molecule has 0 saturated heterocycles. The van der Waals surface area contributed by atoms with Crippen molar-refractivity contribution in [2.75, 3.05) is 6.61 Å². The summed E-state index contributed by atoms with van der Waals surface area (Å²) in [6, 6.07) is 4.51. The maximum Gasteiger partial charge on any atom is 0.376 e. The number of carbonyl (C=O) groups excluding carboxylic acids is 1. The first-order valence-corrected chi connectivity index (χ1v) is 6.87. The summed E-state index contributed by atoms with van der Waals surface area (Å²) >= 11 is 0. The van der Waals surface area contributed by atoms with Crippen LogP contribution >= 0.6 is 0 Å². The zero-order valence-electron chi connectivity index (χ0n) is 12.6. The van der Waals surface area contributed by atoms with Crippen molar-refractivity contribution in [3.05, 3.63) is 41.0 Å². The van der Waals surface area contributed by atoms with Crippen molar-refractivity contribution in [2.24, 2.45) is 0 Å². The third-order valence-corrected chi connectivity index (χ3v) is 2.95. The molecule has 0 radical (unpaired) electrons. The van der Waals surface area contributed by atoms with Crippen LogP contribution in [-0.4, -0.2) is 17.6 Å². The number of aromatic nitrogens is 1. The minimum absolute atomic E-state index is 0.00318. The van der Waals surface area contributed by atoms with Crippen molar-refractivity contribution in [3.8, 4) is 11.5 Å². The topological polar surface area (TPSA) is 52.3 Å². The Labute approximate surface area is 122 Å². The highest BCUT2D eigenvalue weighted by Crippen LogP contribution is 2.28. The van der Waals surface area contributed by atoms with Gasteiger partial charge in [-0.05, 0) is 43.5 Å². The Kier molecular flexibility index (Phi) is 4.40.